The van der Waals surface area contributed by atoms with Crippen LogP contribution in [0.4, 0.5) is 10.1 Å². The second-order valence-electron chi connectivity index (χ2n) is 8.85. The summed E-state index contributed by atoms with van der Waals surface area (Å²) >= 11 is 0. The zero-order valence-corrected chi connectivity index (χ0v) is 19.2. The lowest BCUT2D eigenvalue weighted by Gasteiger charge is -2.27. The van der Waals surface area contributed by atoms with Crippen molar-refractivity contribution in [2.75, 3.05) is 5.32 Å². The molecule has 1 aromatic carbocycles. The van der Waals surface area contributed by atoms with E-state index in [-0.39, 0.29) is 16.8 Å². The molecule has 1 atom stereocenters. The topological polar surface area (TPSA) is 118 Å². The lowest BCUT2D eigenvalue weighted by Crippen LogP contribution is -2.51. The number of hydrogen-bond donors (Lipinski definition) is 3. The van der Waals surface area contributed by atoms with E-state index in [1.54, 1.807) is 41.7 Å². The van der Waals surface area contributed by atoms with Gasteiger partial charge in [-0.2, -0.15) is 0 Å². The minimum absolute atomic E-state index is 0.0153. The van der Waals surface area contributed by atoms with Crippen LogP contribution in [-0.2, 0) is 16.6 Å². The molecule has 0 radical (unpaired) electrons. The van der Waals surface area contributed by atoms with Crippen LogP contribution in [0.3, 0.4) is 0 Å². The molecule has 0 saturated heterocycles. The summed E-state index contributed by atoms with van der Waals surface area (Å²) in [5.41, 5.74) is 0.846. The van der Waals surface area contributed by atoms with Crippen LogP contribution in [-0.4, -0.2) is 39.3 Å². The van der Waals surface area contributed by atoms with Crippen molar-refractivity contribution in [3.05, 3.63) is 52.1 Å². The molecule has 0 bridgehead atoms. The number of carboxylic acid groups (broad SMARTS) is 1. The summed E-state index contributed by atoms with van der Waals surface area (Å²) in [4.78, 5) is 49.9. The molecule has 0 aliphatic heterocycles. The van der Waals surface area contributed by atoms with E-state index in [0.717, 1.165) is 0 Å². The van der Waals surface area contributed by atoms with Crippen LogP contribution in [0.5, 0.6) is 0 Å². The number of nitrogens with zero attached hydrogens (tertiary/aromatic N) is 1. The minimum atomic E-state index is -1.27. The molecule has 3 N–H and O–H groups in total. The van der Waals surface area contributed by atoms with Gasteiger partial charge in [-0.25, -0.2) is 9.18 Å². The van der Waals surface area contributed by atoms with E-state index in [4.69, 9.17) is 0 Å². The van der Waals surface area contributed by atoms with Gasteiger partial charge in [0, 0.05) is 18.4 Å². The van der Waals surface area contributed by atoms with Gasteiger partial charge in [-0.05, 0) is 55.5 Å². The minimum Gasteiger partial charge on any atom is -0.480 e. The van der Waals surface area contributed by atoms with Gasteiger partial charge < -0.3 is 20.3 Å². The Morgan fingerprint density at radius 1 is 1.09 bits per heavy atom. The van der Waals surface area contributed by atoms with E-state index in [2.05, 4.69) is 10.6 Å². The highest BCUT2D eigenvalue weighted by Crippen LogP contribution is 2.24. The lowest BCUT2D eigenvalue weighted by atomic mass is 9.86. The fourth-order valence-electron chi connectivity index (χ4n) is 3.50. The number of aromatic nitrogens is 1. The number of ketones is 1. The number of rotatable bonds is 6. The van der Waals surface area contributed by atoms with E-state index >= 15 is 0 Å². The highest BCUT2D eigenvalue weighted by Gasteiger charge is 2.36. The number of anilines is 1. The van der Waals surface area contributed by atoms with Gasteiger partial charge in [-0.1, -0.05) is 20.8 Å². The van der Waals surface area contributed by atoms with Crippen molar-refractivity contribution in [1.82, 2.24) is 9.88 Å². The Balaban J connectivity index is 2.36. The number of halogens is 1. The molecule has 0 unspecified atom stereocenters. The quantitative estimate of drug-likeness (QED) is 0.466. The van der Waals surface area contributed by atoms with Crippen LogP contribution in [0.25, 0.3) is 0 Å². The van der Waals surface area contributed by atoms with Crippen molar-refractivity contribution < 1.29 is 28.7 Å². The lowest BCUT2D eigenvalue weighted by molar-refractivity contribution is -0.144. The third-order valence-corrected chi connectivity index (χ3v) is 5.38. The van der Waals surface area contributed by atoms with Gasteiger partial charge in [0.15, 0.2) is 0 Å². The highest BCUT2D eigenvalue weighted by molar-refractivity contribution is 6.43. The Morgan fingerprint density at radius 2 is 1.69 bits per heavy atom. The Labute approximate surface area is 185 Å². The molecular formula is C23H28FN3O5. The highest BCUT2D eigenvalue weighted by atomic mass is 19.1. The molecule has 8 nitrogen and oxygen atoms in total. The average Bonchev–Trinajstić information content (AvgIpc) is 2.89. The van der Waals surface area contributed by atoms with Crippen molar-refractivity contribution in [2.45, 2.75) is 47.6 Å². The van der Waals surface area contributed by atoms with Crippen molar-refractivity contribution in [3.8, 4) is 0 Å². The van der Waals surface area contributed by atoms with E-state index in [1.807, 2.05) is 0 Å². The fourth-order valence-corrected chi connectivity index (χ4v) is 3.50. The van der Waals surface area contributed by atoms with Crippen molar-refractivity contribution in [1.29, 1.82) is 0 Å². The first-order valence-electron chi connectivity index (χ1n) is 9.98. The molecule has 0 aliphatic rings. The molecule has 0 fully saturated rings. The first kappa shape index (κ1) is 24.8. The van der Waals surface area contributed by atoms with E-state index in [1.165, 1.54) is 29.7 Å². The van der Waals surface area contributed by atoms with Crippen molar-refractivity contribution >= 4 is 29.3 Å². The zero-order chi connectivity index (χ0) is 24.5. The number of amides is 2. The van der Waals surface area contributed by atoms with Crippen LogP contribution >= 0.6 is 0 Å². The van der Waals surface area contributed by atoms with E-state index in [0.29, 0.717) is 16.9 Å². The van der Waals surface area contributed by atoms with Crippen LogP contribution in [0.1, 0.15) is 58.4 Å². The second kappa shape index (κ2) is 8.94. The van der Waals surface area contributed by atoms with Gasteiger partial charge in [0.1, 0.15) is 11.9 Å². The largest absolute Gasteiger partial charge is 0.480 e. The summed E-state index contributed by atoms with van der Waals surface area (Å²) in [5, 5.41) is 14.4. The normalized spacial score (nSPS) is 12.2. The number of aryl methyl sites for hydroxylation is 1. The molecule has 9 heteroatoms. The van der Waals surface area contributed by atoms with Gasteiger partial charge in [0.25, 0.3) is 17.6 Å². The number of hydrogen-bond acceptors (Lipinski definition) is 4. The van der Waals surface area contributed by atoms with E-state index < -0.39 is 40.8 Å². The van der Waals surface area contributed by atoms with Gasteiger partial charge >= 0.3 is 5.97 Å². The monoisotopic (exact) mass is 445 g/mol. The summed E-state index contributed by atoms with van der Waals surface area (Å²) < 4.78 is 14.9. The smallest absolute Gasteiger partial charge is 0.326 e. The molecule has 0 saturated carbocycles. The Kier molecular flexibility index (Phi) is 6.92. The molecule has 32 heavy (non-hydrogen) atoms. The van der Waals surface area contributed by atoms with E-state index in [9.17, 15) is 28.7 Å². The maximum absolute atomic E-state index is 13.5. The Hall–Kier alpha value is -3.49. The second-order valence-corrected chi connectivity index (χ2v) is 8.85. The van der Waals surface area contributed by atoms with Crippen LogP contribution in [0.15, 0.2) is 18.2 Å². The average molecular weight is 445 g/mol. The van der Waals surface area contributed by atoms with Crippen LogP contribution in [0, 0.1) is 32.0 Å². The van der Waals surface area contributed by atoms with Gasteiger partial charge in [-0.15, -0.1) is 0 Å². The molecule has 2 rings (SSSR count). The number of aliphatic carboxylic acids is 1. The number of nitrogens with one attached hydrogen (secondary N) is 2. The predicted octanol–water partition coefficient (Wildman–Crippen LogP) is 3.14. The first-order chi connectivity index (χ1) is 14.7. The summed E-state index contributed by atoms with van der Waals surface area (Å²) in [6, 6.07) is 2.87. The number of Topliss-reactive ketones (excluding diaryl/α,β-unsaturated/α-hetero) is 1. The van der Waals surface area contributed by atoms with Crippen LogP contribution in [0.2, 0.25) is 0 Å². The van der Waals surface area contributed by atoms with Gasteiger partial charge in [0.05, 0.1) is 11.3 Å². The number of benzene rings is 1. The zero-order valence-electron chi connectivity index (χ0n) is 19.2. The van der Waals surface area contributed by atoms with Crippen molar-refractivity contribution in [3.63, 3.8) is 0 Å². The predicted molar refractivity (Wildman–Crippen MR) is 117 cm³/mol. The summed E-state index contributed by atoms with van der Waals surface area (Å²) in [7, 11) is 1.54. The molecule has 2 amide bonds. The summed E-state index contributed by atoms with van der Waals surface area (Å²) in [6.45, 7) is 9.63. The number of carbonyl (C=O) groups is 4. The summed E-state index contributed by atoms with van der Waals surface area (Å²) in [5.74, 6) is -4.19. The maximum atomic E-state index is 13.5. The first-order valence-corrected chi connectivity index (χ1v) is 9.98. The number of carbonyl (C=O) groups excluding carboxylic acids is 3. The summed E-state index contributed by atoms with van der Waals surface area (Å²) in [6.07, 6.45) is 0. The SMILES string of the molecule is Cc1cc(NC(=O)c2c(C)c(C(=O)C(=O)N[C@@H](C(=O)O)C(C)(C)C)n(C)c2C)ccc1F. The Bertz CT molecular complexity index is 1110. The van der Waals surface area contributed by atoms with Gasteiger partial charge in [0.2, 0.25) is 0 Å². The third-order valence-electron chi connectivity index (χ3n) is 5.38. The maximum Gasteiger partial charge on any atom is 0.326 e. The molecule has 2 aromatic rings. The fraction of sp³-hybridized carbons (Fsp3) is 0.391. The molecule has 172 valence electrons. The molecule has 0 aliphatic carbocycles. The standard InChI is InChI=1S/C23H28FN3O5/c1-11-10-14(8-9-15(11)24)25-20(29)16-12(2)17(27(7)13(16)3)18(28)21(30)26-19(22(31)32)23(4,5)6/h8-10,19H,1-7H3,(H,25,29)(H,26,30)(H,31,32)/t19-/m0/s1. The van der Waals surface area contributed by atoms with Gasteiger partial charge in [-0.3, -0.25) is 14.4 Å². The molecular weight excluding hydrogens is 417 g/mol. The Morgan fingerprint density at radius 3 is 2.19 bits per heavy atom. The molecule has 1 aromatic heterocycles. The number of carboxylic acids is 1. The molecule has 1 heterocycles. The van der Waals surface area contributed by atoms with Crippen LogP contribution < -0.4 is 10.6 Å². The van der Waals surface area contributed by atoms with Crippen molar-refractivity contribution in [2.24, 2.45) is 12.5 Å². The molecule has 0 spiro atoms. The third kappa shape index (κ3) is 4.87.